The van der Waals surface area contributed by atoms with Gasteiger partial charge in [0, 0.05) is 30.6 Å². The lowest BCUT2D eigenvalue weighted by atomic mass is 9.85. The third-order valence-electron chi connectivity index (χ3n) is 5.36. The Morgan fingerprint density at radius 2 is 2.00 bits per heavy atom. The lowest BCUT2D eigenvalue weighted by molar-refractivity contribution is 0.119. The predicted molar refractivity (Wildman–Crippen MR) is 77.2 cm³/mol. The molecule has 3 atom stereocenters. The van der Waals surface area contributed by atoms with Crippen molar-refractivity contribution in [1.29, 1.82) is 0 Å². The molecule has 0 amide bonds. The first kappa shape index (κ1) is 13.8. The maximum atomic E-state index is 6.21. The zero-order valence-corrected chi connectivity index (χ0v) is 12.3. The fourth-order valence-electron chi connectivity index (χ4n) is 3.94. The number of likely N-dealkylation sites (tertiary alicyclic amines) is 2. The van der Waals surface area contributed by atoms with Crippen molar-refractivity contribution in [2.45, 2.75) is 44.7 Å². The topological polar surface area (TPSA) is 41.7 Å². The van der Waals surface area contributed by atoms with E-state index in [1.165, 1.54) is 51.9 Å². The van der Waals surface area contributed by atoms with E-state index in [4.69, 9.17) is 10.5 Å². The van der Waals surface area contributed by atoms with Gasteiger partial charge in [-0.15, -0.1) is 0 Å². The van der Waals surface area contributed by atoms with Crippen molar-refractivity contribution >= 4 is 0 Å². The SMILES string of the molecule is CC1(CN2CCC(N3CCCCC3)C2)COCC1N. The quantitative estimate of drug-likeness (QED) is 0.825. The van der Waals surface area contributed by atoms with Gasteiger partial charge in [0.05, 0.1) is 13.2 Å². The van der Waals surface area contributed by atoms with E-state index in [9.17, 15) is 0 Å². The highest BCUT2D eigenvalue weighted by Gasteiger charge is 2.40. The van der Waals surface area contributed by atoms with E-state index in [0.29, 0.717) is 0 Å². The summed E-state index contributed by atoms with van der Waals surface area (Å²) >= 11 is 0. The van der Waals surface area contributed by atoms with Crippen molar-refractivity contribution in [2.75, 3.05) is 45.9 Å². The van der Waals surface area contributed by atoms with Crippen LogP contribution < -0.4 is 5.73 Å². The summed E-state index contributed by atoms with van der Waals surface area (Å²) in [7, 11) is 0. The highest BCUT2D eigenvalue weighted by molar-refractivity contribution is 4.95. The molecular formula is C15H29N3O. The summed E-state index contributed by atoms with van der Waals surface area (Å²) in [5.41, 5.74) is 6.37. The highest BCUT2D eigenvalue weighted by atomic mass is 16.5. The van der Waals surface area contributed by atoms with Crippen molar-refractivity contribution in [3.63, 3.8) is 0 Å². The minimum Gasteiger partial charge on any atom is -0.379 e. The maximum absolute atomic E-state index is 6.21. The molecule has 0 aromatic carbocycles. The molecule has 0 saturated carbocycles. The van der Waals surface area contributed by atoms with Crippen LogP contribution in [0.1, 0.15) is 32.6 Å². The first-order chi connectivity index (χ1) is 9.17. The number of piperidine rings is 1. The first-order valence-electron chi connectivity index (χ1n) is 7.97. The molecule has 110 valence electrons. The Morgan fingerprint density at radius 1 is 1.21 bits per heavy atom. The van der Waals surface area contributed by atoms with Crippen LogP contribution in [-0.4, -0.2) is 67.8 Å². The minimum atomic E-state index is 0.163. The van der Waals surface area contributed by atoms with Crippen molar-refractivity contribution in [3.8, 4) is 0 Å². The second-order valence-corrected chi connectivity index (χ2v) is 7.05. The number of hydrogen-bond donors (Lipinski definition) is 1. The van der Waals surface area contributed by atoms with E-state index < -0.39 is 0 Å². The molecule has 3 fully saturated rings. The number of nitrogens with two attached hydrogens (primary N) is 1. The van der Waals surface area contributed by atoms with Gasteiger partial charge in [-0.3, -0.25) is 4.90 Å². The predicted octanol–water partition coefficient (Wildman–Crippen LogP) is 0.910. The van der Waals surface area contributed by atoms with Gasteiger partial charge in [0.2, 0.25) is 0 Å². The van der Waals surface area contributed by atoms with Gasteiger partial charge in [0.25, 0.3) is 0 Å². The minimum absolute atomic E-state index is 0.163. The third-order valence-corrected chi connectivity index (χ3v) is 5.36. The van der Waals surface area contributed by atoms with Gasteiger partial charge < -0.3 is 15.4 Å². The molecule has 2 N–H and O–H groups in total. The molecule has 3 aliphatic rings. The Labute approximate surface area is 117 Å². The second-order valence-electron chi connectivity index (χ2n) is 7.05. The zero-order chi connectivity index (χ0) is 13.3. The molecular weight excluding hydrogens is 238 g/mol. The molecule has 0 aliphatic carbocycles. The number of rotatable bonds is 3. The van der Waals surface area contributed by atoms with Gasteiger partial charge in [-0.2, -0.15) is 0 Å². The number of hydrogen-bond acceptors (Lipinski definition) is 4. The summed E-state index contributed by atoms with van der Waals surface area (Å²) in [4.78, 5) is 5.34. The van der Waals surface area contributed by atoms with Gasteiger partial charge >= 0.3 is 0 Å². The van der Waals surface area contributed by atoms with Crippen LogP contribution in [0.2, 0.25) is 0 Å². The molecule has 0 bridgehead atoms. The van der Waals surface area contributed by atoms with Crippen LogP contribution in [0.3, 0.4) is 0 Å². The Kier molecular flexibility index (Phi) is 4.13. The smallest absolute Gasteiger partial charge is 0.0624 e. The van der Waals surface area contributed by atoms with Gasteiger partial charge in [0.15, 0.2) is 0 Å². The second kappa shape index (κ2) is 5.68. The standard InChI is InChI=1S/C15H29N3O/c1-15(12-19-10-14(15)16)11-17-8-5-13(9-17)18-6-3-2-4-7-18/h13-14H,2-12,16H2,1H3. The summed E-state index contributed by atoms with van der Waals surface area (Å²) in [6, 6.07) is 1.00. The lowest BCUT2D eigenvalue weighted by Crippen LogP contribution is -2.47. The fraction of sp³-hybridized carbons (Fsp3) is 1.00. The summed E-state index contributed by atoms with van der Waals surface area (Å²) in [5, 5.41) is 0. The molecule has 4 nitrogen and oxygen atoms in total. The average Bonchev–Trinajstić information content (AvgIpc) is 2.99. The average molecular weight is 267 g/mol. The number of nitrogens with zero attached hydrogens (tertiary/aromatic N) is 2. The molecule has 0 radical (unpaired) electrons. The Bertz CT molecular complexity index is 306. The lowest BCUT2D eigenvalue weighted by Gasteiger charge is -2.34. The highest BCUT2D eigenvalue weighted by Crippen LogP contribution is 2.30. The van der Waals surface area contributed by atoms with Crippen molar-refractivity contribution in [1.82, 2.24) is 9.80 Å². The van der Waals surface area contributed by atoms with Crippen LogP contribution in [-0.2, 0) is 4.74 Å². The summed E-state index contributed by atoms with van der Waals surface area (Å²) in [6.07, 6.45) is 5.56. The third kappa shape index (κ3) is 2.97. The van der Waals surface area contributed by atoms with E-state index >= 15 is 0 Å². The van der Waals surface area contributed by atoms with Crippen molar-refractivity contribution < 1.29 is 4.74 Å². The van der Waals surface area contributed by atoms with E-state index in [2.05, 4.69) is 16.7 Å². The number of ether oxygens (including phenoxy) is 1. The van der Waals surface area contributed by atoms with Crippen molar-refractivity contribution in [3.05, 3.63) is 0 Å². The zero-order valence-electron chi connectivity index (χ0n) is 12.3. The van der Waals surface area contributed by atoms with Gasteiger partial charge in [-0.25, -0.2) is 0 Å². The monoisotopic (exact) mass is 267 g/mol. The van der Waals surface area contributed by atoms with Crippen LogP contribution in [0, 0.1) is 5.41 Å². The normalized spacial score (nSPS) is 42.0. The van der Waals surface area contributed by atoms with Crippen LogP contribution in [0.25, 0.3) is 0 Å². The van der Waals surface area contributed by atoms with Crippen molar-refractivity contribution in [2.24, 2.45) is 11.1 Å². The molecule has 3 heterocycles. The molecule has 3 rings (SSSR count). The Morgan fingerprint density at radius 3 is 2.68 bits per heavy atom. The molecule has 4 heteroatoms. The molecule has 0 aromatic rings. The molecule has 0 spiro atoms. The molecule has 3 aliphatic heterocycles. The van der Waals surface area contributed by atoms with E-state index in [1.54, 1.807) is 0 Å². The van der Waals surface area contributed by atoms with Crippen LogP contribution >= 0.6 is 0 Å². The molecule has 19 heavy (non-hydrogen) atoms. The largest absolute Gasteiger partial charge is 0.379 e. The molecule has 3 unspecified atom stereocenters. The molecule has 3 saturated heterocycles. The summed E-state index contributed by atoms with van der Waals surface area (Å²) < 4.78 is 5.56. The summed E-state index contributed by atoms with van der Waals surface area (Å²) in [5.74, 6) is 0. The summed E-state index contributed by atoms with van der Waals surface area (Å²) in [6.45, 7) is 10.1. The molecule has 0 aromatic heterocycles. The van der Waals surface area contributed by atoms with Crippen LogP contribution in [0.4, 0.5) is 0 Å². The van der Waals surface area contributed by atoms with E-state index in [-0.39, 0.29) is 11.5 Å². The Balaban J connectivity index is 1.51. The van der Waals surface area contributed by atoms with Gasteiger partial charge in [0.1, 0.15) is 0 Å². The van der Waals surface area contributed by atoms with Gasteiger partial charge in [-0.05, 0) is 38.9 Å². The first-order valence-corrected chi connectivity index (χ1v) is 7.97. The maximum Gasteiger partial charge on any atom is 0.0624 e. The Hall–Kier alpha value is -0.160. The van der Waals surface area contributed by atoms with Crippen LogP contribution in [0.15, 0.2) is 0 Å². The van der Waals surface area contributed by atoms with E-state index in [1.807, 2.05) is 0 Å². The van der Waals surface area contributed by atoms with Gasteiger partial charge in [-0.1, -0.05) is 13.3 Å². The van der Waals surface area contributed by atoms with Crippen LogP contribution in [0.5, 0.6) is 0 Å². The van der Waals surface area contributed by atoms with E-state index in [0.717, 1.165) is 25.8 Å². The fourth-order valence-corrected chi connectivity index (χ4v) is 3.94.